The Labute approximate surface area is 115 Å². The lowest BCUT2D eigenvalue weighted by molar-refractivity contribution is 0.452. The zero-order chi connectivity index (χ0) is 14.5. The van der Waals surface area contributed by atoms with E-state index >= 15 is 0 Å². The molecule has 0 aliphatic rings. The van der Waals surface area contributed by atoms with Gasteiger partial charge in [0.25, 0.3) is 0 Å². The van der Waals surface area contributed by atoms with Crippen molar-refractivity contribution in [2.24, 2.45) is 0 Å². The van der Waals surface area contributed by atoms with Crippen LogP contribution in [0.2, 0.25) is 0 Å². The maximum Gasteiger partial charge on any atom is 0.224 e. The van der Waals surface area contributed by atoms with Gasteiger partial charge in [0.05, 0.1) is 0 Å². The first-order chi connectivity index (χ1) is 9.63. The predicted molar refractivity (Wildman–Crippen MR) is 71.6 cm³/mol. The van der Waals surface area contributed by atoms with Crippen LogP contribution in [0.5, 0.6) is 11.6 Å². The van der Waals surface area contributed by atoms with Crippen LogP contribution in [-0.4, -0.2) is 9.97 Å². The van der Waals surface area contributed by atoms with E-state index in [1.54, 1.807) is 6.07 Å². The molecule has 1 heterocycles. The molecule has 1 aromatic heterocycles. The molecular weight excluding hydrogens is 259 g/mol. The van der Waals surface area contributed by atoms with E-state index < -0.39 is 5.82 Å². The van der Waals surface area contributed by atoms with Gasteiger partial charge < -0.3 is 10.5 Å². The van der Waals surface area contributed by atoms with Gasteiger partial charge in [-0.25, -0.2) is 9.37 Å². The van der Waals surface area contributed by atoms with Gasteiger partial charge in [-0.05, 0) is 18.6 Å². The van der Waals surface area contributed by atoms with E-state index in [4.69, 9.17) is 15.7 Å². The number of ether oxygens (including phenoxy) is 1. The summed E-state index contributed by atoms with van der Waals surface area (Å²) < 4.78 is 18.9. The average Bonchev–Trinajstić information content (AvgIpc) is 2.38. The van der Waals surface area contributed by atoms with Gasteiger partial charge in [-0.1, -0.05) is 13.0 Å². The Balaban J connectivity index is 2.35. The van der Waals surface area contributed by atoms with Crippen LogP contribution in [0.25, 0.3) is 0 Å². The minimum Gasteiger partial charge on any atom is -0.437 e. The van der Waals surface area contributed by atoms with Crippen molar-refractivity contribution in [1.82, 2.24) is 9.97 Å². The zero-order valence-electron chi connectivity index (χ0n) is 10.9. The number of hydrogen-bond acceptors (Lipinski definition) is 5. The number of halogens is 1. The monoisotopic (exact) mass is 272 g/mol. The van der Waals surface area contributed by atoms with Crippen molar-refractivity contribution in [2.75, 3.05) is 5.73 Å². The molecule has 0 bridgehead atoms. The van der Waals surface area contributed by atoms with E-state index in [1.807, 2.05) is 6.92 Å². The summed E-state index contributed by atoms with van der Waals surface area (Å²) in [4.78, 5) is 8.25. The van der Waals surface area contributed by atoms with Crippen LogP contribution in [0.4, 0.5) is 10.2 Å². The molecule has 0 aliphatic heterocycles. The molecular formula is C14H13FN4O. The van der Waals surface area contributed by atoms with Crippen molar-refractivity contribution < 1.29 is 9.13 Å². The fourth-order valence-electron chi connectivity index (χ4n) is 1.69. The maximum absolute atomic E-state index is 13.5. The predicted octanol–water partition coefficient (Wildman–Crippen LogP) is 2.81. The number of nitrogen functional groups attached to an aromatic ring is 1. The highest BCUT2D eigenvalue weighted by Crippen LogP contribution is 2.26. The van der Waals surface area contributed by atoms with E-state index in [1.165, 1.54) is 24.3 Å². The van der Waals surface area contributed by atoms with E-state index in [-0.39, 0.29) is 23.0 Å². The smallest absolute Gasteiger partial charge is 0.224 e. The molecule has 0 amide bonds. The number of aryl methyl sites for hydroxylation is 1. The van der Waals surface area contributed by atoms with Gasteiger partial charge in [-0.2, -0.15) is 10.2 Å². The first-order valence-corrected chi connectivity index (χ1v) is 6.14. The fourth-order valence-corrected chi connectivity index (χ4v) is 1.69. The molecule has 0 saturated carbocycles. The number of nitrogens with two attached hydrogens (primary N) is 1. The molecule has 0 spiro atoms. The van der Waals surface area contributed by atoms with Gasteiger partial charge in [0.15, 0.2) is 0 Å². The summed E-state index contributed by atoms with van der Waals surface area (Å²) >= 11 is 0. The van der Waals surface area contributed by atoms with Crippen LogP contribution in [0.15, 0.2) is 24.3 Å². The molecule has 1 aromatic carbocycles. The summed E-state index contributed by atoms with van der Waals surface area (Å²) in [5.74, 6) is 0.489. The summed E-state index contributed by atoms with van der Waals surface area (Å²) in [6.45, 7) is 1.99. The Kier molecular flexibility index (Phi) is 4.11. The van der Waals surface area contributed by atoms with Gasteiger partial charge in [-0.15, -0.1) is 0 Å². The lowest BCUT2D eigenvalue weighted by Gasteiger charge is -2.08. The second-order valence-corrected chi connectivity index (χ2v) is 4.12. The molecule has 0 unspecified atom stereocenters. The molecule has 0 fully saturated rings. The number of benzene rings is 1. The van der Waals surface area contributed by atoms with Gasteiger partial charge >= 0.3 is 0 Å². The Morgan fingerprint density at radius 3 is 2.90 bits per heavy atom. The second kappa shape index (κ2) is 5.97. The van der Waals surface area contributed by atoms with Gasteiger partial charge in [0, 0.05) is 12.5 Å². The number of anilines is 1. The number of nitrogens with zero attached hydrogens (tertiary/aromatic N) is 3. The number of nitriles is 1. The molecule has 2 rings (SSSR count). The molecule has 0 radical (unpaired) electrons. The largest absolute Gasteiger partial charge is 0.437 e. The van der Waals surface area contributed by atoms with Crippen LogP contribution in [-0.2, 0) is 6.42 Å². The number of hydrogen-bond donors (Lipinski definition) is 1. The zero-order valence-corrected chi connectivity index (χ0v) is 10.9. The molecule has 0 saturated heterocycles. The third kappa shape index (κ3) is 3.01. The average molecular weight is 272 g/mol. The highest BCUT2D eigenvalue weighted by Gasteiger charge is 2.11. The van der Waals surface area contributed by atoms with E-state index in [2.05, 4.69) is 9.97 Å². The maximum atomic E-state index is 13.5. The first kappa shape index (κ1) is 13.7. The van der Waals surface area contributed by atoms with Crippen LogP contribution in [0.3, 0.4) is 0 Å². The SMILES string of the molecule is CCCc1nc(N)cc(Oc2cccc(F)c2C#N)n1. The van der Waals surface area contributed by atoms with Crippen LogP contribution >= 0.6 is 0 Å². The van der Waals surface area contributed by atoms with E-state index in [9.17, 15) is 4.39 Å². The lowest BCUT2D eigenvalue weighted by Crippen LogP contribution is -2.02. The lowest BCUT2D eigenvalue weighted by atomic mass is 10.2. The molecule has 2 N–H and O–H groups in total. The summed E-state index contributed by atoms with van der Waals surface area (Å²) in [7, 11) is 0. The minimum atomic E-state index is -0.638. The van der Waals surface area contributed by atoms with Crippen LogP contribution < -0.4 is 10.5 Å². The first-order valence-electron chi connectivity index (χ1n) is 6.14. The Morgan fingerprint density at radius 2 is 2.20 bits per heavy atom. The van der Waals surface area contributed by atoms with Gasteiger partial charge in [0.2, 0.25) is 5.88 Å². The molecule has 0 atom stereocenters. The topological polar surface area (TPSA) is 84.8 Å². The van der Waals surface area contributed by atoms with Crippen molar-refractivity contribution in [1.29, 1.82) is 5.26 Å². The summed E-state index contributed by atoms with van der Waals surface area (Å²) in [6.07, 6.45) is 1.53. The normalized spacial score (nSPS) is 10.1. The Hall–Kier alpha value is -2.68. The third-order valence-electron chi connectivity index (χ3n) is 2.54. The van der Waals surface area contributed by atoms with Crippen LogP contribution in [0, 0.1) is 17.1 Å². The summed E-state index contributed by atoms with van der Waals surface area (Å²) in [6, 6.07) is 7.36. The van der Waals surface area contributed by atoms with Crippen molar-refractivity contribution in [3.05, 3.63) is 41.5 Å². The molecule has 0 aliphatic carbocycles. The van der Waals surface area contributed by atoms with E-state index in [0.717, 1.165) is 6.42 Å². The number of rotatable bonds is 4. The van der Waals surface area contributed by atoms with Gasteiger partial charge in [0.1, 0.15) is 34.8 Å². The standard InChI is InChI=1S/C14H13FN4O/c1-2-4-13-18-12(17)7-14(19-13)20-11-6-3-5-10(15)9(11)8-16/h3,5-7H,2,4H2,1H3,(H2,17,18,19). The van der Waals surface area contributed by atoms with Gasteiger partial charge in [-0.3, -0.25) is 0 Å². The molecule has 6 heteroatoms. The second-order valence-electron chi connectivity index (χ2n) is 4.12. The number of aromatic nitrogens is 2. The Morgan fingerprint density at radius 1 is 1.40 bits per heavy atom. The highest BCUT2D eigenvalue weighted by atomic mass is 19.1. The van der Waals surface area contributed by atoms with Crippen molar-refractivity contribution >= 4 is 5.82 Å². The summed E-state index contributed by atoms with van der Waals surface area (Å²) in [5, 5.41) is 8.94. The highest BCUT2D eigenvalue weighted by molar-refractivity contribution is 5.46. The fraction of sp³-hybridized carbons (Fsp3) is 0.214. The quantitative estimate of drug-likeness (QED) is 0.925. The van der Waals surface area contributed by atoms with Crippen molar-refractivity contribution in [3.63, 3.8) is 0 Å². The molecule has 5 nitrogen and oxygen atoms in total. The Bertz CT molecular complexity index is 667. The molecule has 20 heavy (non-hydrogen) atoms. The van der Waals surface area contributed by atoms with E-state index in [0.29, 0.717) is 12.2 Å². The van der Waals surface area contributed by atoms with Crippen LogP contribution in [0.1, 0.15) is 24.7 Å². The van der Waals surface area contributed by atoms with Crippen molar-refractivity contribution in [3.8, 4) is 17.7 Å². The van der Waals surface area contributed by atoms with Crippen molar-refractivity contribution in [2.45, 2.75) is 19.8 Å². The molecule has 102 valence electrons. The minimum absolute atomic E-state index is 0.105. The third-order valence-corrected chi connectivity index (χ3v) is 2.54. The molecule has 2 aromatic rings. The summed E-state index contributed by atoms with van der Waals surface area (Å²) in [5.41, 5.74) is 5.51.